The summed E-state index contributed by atoms with van der Waals surface area (Å²) >= 11 is 1.72. The molecular formula is C28H31NO4S. The fourth-order valence-corrected chi connectivity index (χ4v) is 4.90. The maximum atomic E-state index is 11.7. The van der Waals surface area contributed by atoms with Crippen LogP contribution in [0.1, 0.15) is 36.6 Å². The van der Waals surface area contributed by atoms with E-state index in [1.54, 1.807) is 11.3 Å². The van der Waals surface area contributed by atoms with E-state index in [4.69, 9.17) is 9.47 Å². The van der Waals surface area contributed by atoms with Gasteiger partial charge in [-0.05, 0) is 73.0 Å². The monoisotopic (exact) mass is 477 g/mol. The molecule has 0 spiro atoms. The van der Waals surface area contributed by atoms with Crippen molar-refractivity contribution in [1.82, 2.24) is 0 Å². The van der Waals surface area contributed by atoms with E-state index in [1.807, 2.05) is 43.3 Å². The summed E-state index contributed by atoms with van der Waals surface area (Å²) in [5.41, 5.74) is 4.46. The normalized spacial score (nSPS) is 15.0. The molecule has 0 atom stereocenters. The Morgan fingerprint density at radius 3 is 2.62 bits per heavy atom. The first kappa shape index (κ1) is 24.0. The number of carboxylic acids is 1. The molecule has 2 aliphatic rings. The lowest BCUT2D eigenvalue weighted by molar-refractivity contribution is -0.132. The number of carboxylic acid groups (broad SMARTS) is 1. The molecule has 0 aliphatic carbocycles. The van der Waals surface area contributed by atoms with Crippen LogP contribution < -0.4 is 9.64 Å². The van der Waals surface area contributed by atoms with Crippen LogP contribution in [0.25, 0.3) is 17.2 Å². The van der Waals surface area contributed by atoms with Crippen molar-refractivity contribution in [2.75, 3.05) is 31.3 Å². The van der Waals surface area contributed by atoms with Gasteiger partial charge in [-0.3, -0.25) is 0 Å². The molecule has 3 aromatic rings. The zero-order chi connectivity index (χ0) is 23.8. The smallest absolute Gasteiger partial charge is 0.331 e. The average molecular weight is 478 g/mol. The minimum atomic E-state index is -0.853. The molecule has 0 amide bonds. The predicted octanol–water partition coefficient (Wildman–Crippen LogP) is 6.49. The van der Waals surface area contributed by atoms with Crippen LogP contribution in [0.2, 0.25) is 0 Å². The molecular weight excluding hydrogens is 446 g/mol. The fourth-order valence-electron chi connectivity index (χ4n) is 4.18. The summed E-state index contributed by atoms with van der Waals surface area (Å²) in [5.74, 6) is -0.0181. The van der Waals surface area contributed by atoms with Crippen molar-refractivity contribution in [3.05, 3.63) is 76.0 Å². The van der Waals surface area contributed by atoms with Crippen LogP contribution >= 0.6 is 11.3 Å². The molecule has 178 valence electrons. The van der Waals surface area contributed by atoms with Crippen LogP contribution in [-0.4, -0.2) is 37.4 Å². The van der Waals surface area contributed by atoms with Crippen LogP contribution in [0.4, 0.5) is 5.69 Å². The van der Waals surface area contributed by atoms with Gasteiger partial charge in [0, 0.05) is 41.5 Å². The molecule has 1 N–H and O–H groups in total. The Balaban J connectivity index is 0.000000486. The van der Waals surface area contributed by atoms with E-state index in [1.165, 1.54) is 17.7 Å². The summed E-state index contributed by atoms with van der Waals surface area (Å²) in [6.45, 7) is 6.02. The molecule has 0 radical (unpaired) electrons. The van der Waals surface area contributed by atoms with Crippen molar-refractivity contribution in [3.63, 3.8) is 0 Å². The van der Waals surface area contributed by atoms with Gasteiger partial charge >= 0.3 is 5.97 Å². The highest BCUT2D eigenvalue weighted by atomic mass is 32.1. The standard InChI is InChI=1S/C24H23NO3S.C4H8O/c1-2-28-23-8-4-3-7-21(23)17-9-10-22-19(14-17)15-18(24(26)27)11-12-25(22)16-20-6-5-13-29-20;1-2-4-5-3-1/h3-10,13-15H,2,11-12,16H2,1H3,(H,26,27);1-4H2. The summed E-state index contributed by atoms with van der Waals surface area (Å²) in [6, 6.07) is 18.4. The molecule has 1 saturated heterocycles. The van der Waals surface area contributed by atoms with Crippen LogP contribution in [0.5, 0.6) is 5.75 Å². The third-order valence-corrected chi connectivity index (χ3v) is 6.74. The largest absolute Gasteiger partial charge is 0.493 e. The predicted molar refractivity (Wildman–Crippen MR) is 139 cm³/mol. The molecule has 5 nitrogen and oxygen atoms in total. The highest BCUT2D eigenvalue weighted by Gasteiger charge is 2.20. The first-order valence-electron chi connectivity index (χ1n) is 11.8. The molecule has 5 rings (SSSR count). The van der Waals surface area contributed by atoms with Crippen molar-refractivity contribution in [2.24, 2.45) is 0 Å². The minimum Gasteiger partial charge on any atom is -0.493 e. The van der Waals surface area contributed by atoms with Gasteiger partial charge in [0.05, 0.1) is 13.2 Å². The maximum Gasteiger partial charge on any atom is 0.331 e. The summed E-state index contributed by atoms with van der Waals surface area (Å²) < 4.78 is 10.7. The van der Waals surface area contributed by atoms with Crippen LogP contribution in [0.3, 0.4) is 0 Å². The molecule has 0 bridgehead atoms. The van der Waals surface area contributed by atoms with E-state index in [9.17, 15) is 9.90 Å². The summed E-state index contributed by atoms with van der Waals surface area (Å²) in [5, 5.41) is 11.7. The van der Waals surface area contributed by atoms with E-state index in [0.29, 0.717) is 25.1 Å². The van der Waals surface area contributed by atoms with E-state index in [2.05, 4.69) is 34.5 Å². The summed E-state index contributed by atoms with van der Waals surface area (Å²) in [6.07, 6.45) is 4.89. The van der Waals surface area contributed by atoms with Gasteiger partial charge in [0.15, 0.2) is 0 Å². The van der Waals surface area contributed by atoms with Gasteiger partial charge in [-0.2, -0.15) is 0 Å². The second-order valence-corrected chi connectivity index (χ2v) is 9.28. The Hall–Kier alpha value is -3.09. The van der Waals surface area contributed by atoms with E-state index < -0.39 is 5.97 Å². The number of anilines is 1. The van der Waals surface area contributed by atoms with Crippen molar-refractivity contribution in [1.29, 1.82) is 0 Å². The van der Waals surface area contributed by atoms with Crippen molar-refractivity contribution < 1.29 is 19.4 Å². The molecule has 1 fully saturated rings. The van der Waals surface area contributed by atoms with Gasteiger partial charge in [0.1, 0.15) is 5.75 Å². The van der Waals surface area contributed by atoms with Gasteiger partial charge in [-0.1, -0.05) is 30.3 Å². The Morgan fingerprint density at radius 1 is 1.12 bits per heavy atom. The minimum absolute atomic E-state index is 0.440. The van der Waals surface area contributed by atoms with Crippen molar-refractivity contribution in [3.8, 4) is 16.9 Å². The fraction of sp³-hybridized carbons (Fsp3) is 0.321. The molecule has 2 aliphatic heterocycles. The van der Waals surface area contributed by atoms with Gasteiger partial charge in [0.25, 0.3) is 0 Å². The van der Waals surface area contributed by atoms with Crippen molar-refractivity contribution in [2.45, 2.75) is 32.7 Å². The molecule has 3 heterocycles. The average Bonchev–Trinajstić information content (AvgIpc) is 3.56. The summed E-state index contributed by atoms with van der Waals surface area (Å²) in [7, 11) is 0. The Bertz CT molecular complexity index is 1110. The lowest BCUT2D eigenvalue weighted by Crippen LogP contribution is -2.24. The second kappa shape index (κ2) is 11.9. The van der Waals surface area contributed by atoms with E-state index in [-0.39, 0.29) is 0 Å². The number of para-hydroxylation sites is 1. The number of ether oxygens (including phenoxy) is 2. The number of benzene rings is 2. The second-order valence-electron chi connectivity index (χ2n) is 8.25. The number of thiophene rings is 1. The Morgan fingerprint density at radius 2 is 1.94 bits per heavy atom. The van der Waals surface area contributed by atoms with Crippen LogP contribution in [0, 0.1) is 0 Å². The first-order chi connectivity index (χ1) is 16.7. The van der Waals surface area contributed by atoms with Gasteiger partial charge in [0.2, 0.25) is 0 Å². The van der Waals surface area contributed by atoms with Gasteiger partial charge < -0.3 is 19.5 Å². The third kappa shape index (κ3) is 6.07. The Labute approximate surface area is 205 Å². The van der Waals surface area contributed by atoms with Crippen LogP contribution in [0.15, 0.2) is 65.6 Å². The Kier molecular flexibility index (Phi) is 8.39. The number of hydrogen-bond acceptors (Lipinski definition) is 5. The van der Waals surface area contributed by atoms with Gasteiger partial charge in [-0.25, -0.2) is 4.79 Å². The lowest BCUT2D eigenvalue weighted by atomic mass is 9.99. The number of fused-ring (bicyclic) bond motifs is 1. The summed E-state index contributed by atoms with van der Waals surface area (Å²) in [4.78, 5) is 15.3. The van der Waals surface area contributed by atoms with Crippen LogP contribution in [-0.2, 0) is 16.1 Å². The molecule has 6 heteroatoms. The number of aliphatic carboxylic acids is 1. The highest BCUT2D eigenvalue weighted by molar-refractivity contribution is 7.09. The SMILES string of the molecule is C1CCOC1.CCOc1ccccc1-c1ccc2c(c1)C=C(C(=O)O)CCN2Cc1cccs1. The molecule has 2 aromatic carbocycles. The maximum absolute atomic E-state index is 11.7. The van der Waals surface area contributed by atoms with Gasteiger partial charge in [-0.15, -0.1) is 11.3 Å². The molecule has 0 unspecified atom stereocenters. The molecule has 34 heavy (non-hydrogen) atoms. The quantitative estimate of drug-likeness (QED) is 0.440. The zero-order valence-electron chi connectivity index (χ0n) is 19.5. The third-order valence-electron chi connectivity index (χ3n) is 5.88. The van der Waals surface area contributed by atoms with E-state index >= 15 is 0 Å². The number of hydrogen-bond donors (Lipinski definition) is 1. The number of carbonyl (C=O) groups is 1. The van der Waals surface area contributed by atoms with Crippen molar-refractivity contribution >= 4 is 29.1 Å². The zero-order valence-corrected chi connectivity index (χ0v) is 20.4. The topological polar surface area (TPSA) is 59.0 Å². The molecule has 1 aromatic heterocycles. The van der Waals surface area contributed by atoms with E-state index in [0.717, 1.165) is 47.9 Å². The first-order valence-corrected chi connectivity index (χ1v) is 12.7. The highest BCUT2D eigenvalue weighted by Crippen LogP contribution is 2.36. The number of rotatable bonds is 6. The number of nitrogens with zero attached hydrogens (tertiary/aromatic N) is 1. The lowest BCUT2D eigenvalue weighted by Gasteiger charge is -2.25. The molecule has 0 saturated carbocycles.